The Bertz CT molecular complexity index is 1140. The highest BCUT2D eigenvalue weighted by atomic mass is 35.5. The van der Waals surface area contributed by atoms with Gasteiger partial charge in [0.15, 0.2) is 0 Å². The molecule has 2 amide bonds. The molecule has 1 N–H and O–H groups in total. The molecule has 0 spiro atoms. The summed E-state index contributed by atoms with van der Waals surface area (Å²) in [6, 6.07) is 13.8. The van der Waals surface area contributed by atoms with Crippen molar-refractivity contribution in [3.63, 3.8) is 0 Å². The lowest BCUT2D eigenvalue weighted by Gasteiger charge is -2.30. The van der Waals surface area contributed by atoms with Gasteiger partial charge in [0, 0.05) is 25.6 Å². The van der Waals surface area contributed by atoms with Gasteiger partial charge in [-0.15, -0.1) is 0 Å². The van der Waals surface area contributed by atoms with Gasteiger partial charge in [-0.2, -0.15) is 0 Å². The van der Waals surface area contributed by atoms with E-state index >= 15 is 0 Å². The molecule has 0 saturated heterocycles. The van der Waals surface area contributed by atoms with Gasteiger partial charge < -0.3 is 15.0 Å². The number of ether oxygens (including phenoxy) is 1. The van der Waals surface area contributed by atoms with Crippen LogP contribution in [0.3, 0.4) is 0 Å². The normalized spacial score (nSPS) is 12.9. The summed E-state index contributed by atoms with van der Waals surface area (Å²) in [5, 5.41) is 3.24. The van der Waals surface area contributed by atoms with Crippen molar-refractivity contribution in [2.75, 3.05) is 30.8 Å². The van der Waals surface area contributed by atoms with Crippen LogP contribution in [0.2, 0.25) is 5.02 Å². The first kappa shape index (κ1) is 30.4. The molecule has 2 rings (SSSR count). The van der Waals surface area contributed by atoms with E-state index in [1.54, 1.807) is 24.0 Å². The van der Waals surface area contributed by atoms with Crippen LogP contribution in [-0.4, -0.2) is 63.7 Å². The fourth-order valence-corrected chi connectivity index (χ4v) is 5.06. The van der Waals surface area contributed by atoms with Crippen LogP contribution in [0.5, 0.6) is 5.75 Å². The van der Waals surface area contributed by atoms with E-state index < -0.39 is 16.1 Å². The highest BCUT2D eigenvalue weighted by Crippen LogP contribution is 2.30. The topological polar surface area (TPSA) is 96.0 Å². The summed E-state index contributed by atoms with van der Waals surface area (Å²) < 4.78 is 31.4. The molecule has 2 aromatic carbocycles. The second kappa shape index (κ2) is 14.2. The summed E-state index contributed by atoms with van der Waals surface area (Å²) in [7, 11) is -2.14. The van der Waals surface area contributed by atoms with Crippen molar-refractivity contribution in [2.45, 2.75) is 58.5 Å². The molecule has 0 saturated carbocycles. The smallest absolute Gasteiger partial charge is 0.242 e. The standard InChI is InChI=1S/C27H38ClN3O5S/c1-6-20(2)29-27(33)21(3)30(18-16-22-11-8-7-9-12-22)26(32)13-10-17-31(37(5,34)35)23-14-15-25(36-4)24(28)19-23/h7-9,11-12,14-15,19-21H,6,10,13,16-18H2,1-5H3,(H,29,33). The number of rotatable bonds is 14. The summed E-state index contributed by atoms with van der Waals surface area (Å²) >= 11 is 6.20. The third kappa shape index (κ3) is 9.23. The first-order valence-corrected chi connectivity index (χ1v) is 14.7. The van der Waals surface area contributed by atoms with Gasteiger partial charge in [-0.05, 0) is 56.9 Å². The highest BCUT2D eigenvalue weighted by molar-refractivity contribution is 7.92. The largest absolute Gasteiger partial charge is 0.495 e. The highest BCUT2D eigenvalue weighted by Gasteiger charge is 2.27. The monoisotopic (exact) mass is 551 g/mol. The summed E-state index contributed by atoms with van der Waals surface area (Å²) in [5.74, 6) is 0.0260. The number of hydrogen-bond donors (Lipinski definition) is 1. The lowest BCUT2D eigenvalue weighted by Crippen LogP contribution is -2.50. The number of nitrogens with one attached hydrogen (secondary N) is 1. The predicted octanol–water partition coefficient (Wildman–Crippen LogP) is 4.27. The Balaban J connectivity index is 2.14. The van der Waals surface area contributed by atoms with E-state index in [-0.39, 0.29) is 42.3 Å². The Hall–Kier alpha value is -2.78. The third-order valence-corrected chi connectivity index (χ3v) is 7.72. The van der Waals surface area contributed by atoms with Crippen LogP contribution in [0.4, 0.5) is 5.69 Å². The predicted molar refractivity (Wildman–Crippen MR) is 149 cm³/mol. The van der Waals surface area contributed by atoms with Gasteiger partial charge >= 0.3 is 0 Å². The molecule has 2 aromatic rings. The maximum Gasteiger partial charge on any atom is 0.242 e. The number of benzene rings is 2. The van der Waals surface area contributed by atoms with Gasteiger partial charge in [-0.3, -0.25) is 13.9 Å². The summed E-state index contributed by atoms with van der Waals surface area (Å²) in [5.41, 5.74) is 1.46. The zero-order chi connectivity index (χ0) is 27.6. The minimum atomic E-state index is -3.62. The second-order valence-corrected chi connectivity index (χ2v) is 11.4. The number of nitrogens with zero attached hydrogens (tertiary/aromatic N) is 2. The molecule has 10 heteroatoms. The molecule has 2 atom stereocenters. The average molecular weight is 552 g/mol. The van der Waals surface area contributed by atoms with Gasteiger partial charge in [-0.25, -0.2) is 8.42 Å². The van der Waals surface area contributed by atoms with Crippen molar-refractivity contribution in [1.82, 2.24) is 10.2 Å². The summed E-state index contributed by atoms with van der Waals surface area (Å²) in [4.78, 5) is 27.7. The van der Waals surface area contributed by atoms with Gasteiger partial charge in [0.05, 0.1) is 24.1 Å². The number of amides is 2. The minimum Gasteiger partial charge on any atom is -0.495 e. The van der Waals surface area contributed by atoms with Crippen LogP contribution < -0.4 is 14.4 Å². The Kier molecular flexibility index (Phi) is 11.7. The molecule has 0 aromatic heterocycles. The van der Waals surface area contributed by atoms with E-state index in [4.69, 9.17) is 16.3 Å². The van der Waals surface area contributed by atoms with E-state index in [0.717, 1.165) is 18.2 Å². The number of carbonyl (C=O) groups is 2. The lowest BCUT2D eigenvalue weighted by molar-refractivity contribution is -0.140. The molecular weight excluding hydrogens is 514 g/mol. The van der Waals surface area contributed by atoms with Crippen LogP contribution in [0.25, 0.3) is 0 Å². The molecule has 0 aliphatic carbocycles. The van der Waals surface area contributed by atoms with E-state index in [1.165, 1.54) is 17.5 Å². The zero-order valence-electron chi connectivity index (χ0n) is 22.2. The molecule has 0 radical (unpaired) electrons. The van der Waals surface area contributed by atoms with Gasteiger partial charge in [-0.1, -0.05) is 48.9 Å². The Morgan fingerprint density at radius 3 is 2.32 bits per heavy atom. The fraction of sp³-hybridized carbons (Fsp3) is 0.481. The van der Waals surface area contributed by atoms with Gasteiger partial charge in [0.1, 0.15) is 11.8 Å². The van der Waals surface area contributed by atoms with Crippen molar-refractivity contribution in [3.05, 3.63) is 59.1 Å². The molecule has 0 fully saturated rings. The molecule has 204 valence electrons. The molecule has 37 heavy (non-hydrogen) atoms. The number of sulfonamides is 1. The number of carbonyl (C=O) groups excluding carboxylic acids is 2. The van der Waals surface area contributed by atoms with Crippen LogP contribution >= 0.6 is 11.6 Å². The maximum absolute atomic E-state index is 13.3. The van der Waals surface area contributed by atoms with Gasteiger partial charge in [0.2, 0.25) is 21.8 Å². The van der Waals surface area contributed by atoms with Crippen LogP contribution in [0.15, 0.2) is 48.5 Å². The summed E-state index contributed by atoms with van der Waals surface area (Å²) in [6.45, 7) is 6.10. The van der Waals surface area contributed by atoms with E-state index in [0.29, 0.717) is 24.4 Å². The Morgan fingerprint density at radius 1 is 1.08 bits per heavy atom. The van der Waals surface area contributed by atoms with Crippen molar-refractivity contribution in [2.24, 2.45) is 0 Å². The minimum absolute atomic E-state index is 0.000616. The van der Waals surface area contributed by atoms with E-state index in [9.17, 15) is 18.0 Å². The molecule has 8 nitrogen and oxygen atoms in total. The van der Waals surface area contributed by atoms with Crippen molar-refractivity contribution in [3.8, 4) is 5.75 Å². The van der Waals surface area contributed by atoms with Crippen LogP contribution in [-0.2, 0) is 26.0 Å². The first-order valence-electron chi connectivity index (χ1n) is 12.4. The Morgan fingerprint density at radius 2 is 1.76 bits per heavy atom. The van der Waals surface area contributed by atoms with Crippen molar-refractivity contribution >= 4 is 39.1 Å². The Labute approximate surface area is 226 Å². The first-order chi connectivity index (χ1) is 17.5. The van der Waals surface area contributed by atoms with Crippen LogP contribution in [0.1, 0.15) is 45.6 Å². The lowest BCUT2D eigenvalue weighted by atomic mass is 10.1. The molecular formula is C27H38ClN3O5S. The number of halogens is 1. The average Bonchev–Trinajstić information content (AvgIpc) is 2.86. The number of hydrogen-bond acceptors (Lipinski definition) is 5. The number of anilines is 1. The SMILES string of the molecule is CCC(C)NC(=O)C(C)N(CCc1ccccc1)C(=O)CCCN(c1ccc(OC)c(Cl)c1)S(C)(=O)=O. The third-order valence-electron chi connectivity index (χ3n) is 6.23. The summed E-state index contributed by atoms with van der Waals surface area (Å²) in [6.07, 6.45) is 2.86. The number of methoxy groups -OCH3 is 1. The van der Waals surface area contributed by atoms with Crippen molar-refractivity contribution in [1.29, 1.82) is 0 Å². The molecule has 2 unspecified atom stereocenters. The van der Waals surface area contributed by atoms with E-state index in [2.05, 4.69) is 5.32 Å². The zero-order valence-corrected chi connectivity index (χ0v) is 23.8. The van der Waals surface area contributed by atoms with Crippen LogP contribution in [0, 0.1) is 0 Å². The van der Waals surface area contributed by atoms with Crippen molar-refractivity contribution < 1.29 is 22.7 Å². The van der Waals surface area contributed by atoms with Gasteiger partial charge in [0.25, 0.3) is 0 Å². The maximum atomic E-state index is 13.3. The fourth-order valence-electron chi connectivity index (χ4n) is 3.85. The molecule has 0 aliphatic rings. The van der Waals surface area contributed by atoms with E-state index in [1.807, 2.05) is 44.2 Å². The molecule has 0 bridgehead atoms. The second-order valence-electron chi connectivity index (χ2n) is 9.07. The molecule has 0 aliphatic heterocycles. The quantitative estimate of drug-likeness (QED) is 0.378. The molecule has 0 heterocycles.